The number of aromatic hydroxyl groups is 1. The van der Waals surface area contributed by atoms with Crippen molar-refractivity contribution in [2.75, 3.05) is 7.11 Å². The molecule has 1 aromatic heterocycles. The summed E-state index contributed by atoms with van der Waals surface area (Å²) in [6, 6.07) is 18.8. The van der Waals surface area contributed by atoms with Crippen molar-refractivity contribution in [3.8, 4) is 22.9 Å². The maximum Gasteiger partial charge on any atom is 0.213 e. The van der Waals surface area contributed by atoms with Gasteiger partial charge in [-0.15, -0.1) is 0 Å². The molecular formula is C20H19ClN2O2. The predicted octanol–water partition coefficient (Wildman–Crippen LogP) is 4.41. The lowest BCUT2D eigenvalue weighted by Crippen LogP contribution is -2.12. The Balaban J connectivity index is 1.71. The van der Waals surface area contributed by atoms with Gasteiger partial charge in [0.2, 0.25) is 5.88 Å². The van der Waals surface area contributed by atoms with Gasteiger partial charge in [0.15, 0.2) is 0 Å². The summed E-state index contributed by atoms with van der Waals surface area (Å²) < 4.78 is 5.17. The van der Waals surface area contributed by atoms with Gasteiger partial charge in [-0.05, 0) is 42.0 Å². The van der Waals surface area contributed by atoms with Crippen LogP contribution in [0.15, 0.2) is 60.7 Å². The molecule has 2 N–H and O–H groups in total. The molecule has 5 heteroatoms. The standard InChI is InChI=1S/C20H19ClN2O2/c1-25-20-4-2-3-18(23-20)15-7-10-19(24)16(11-15)13-22-12-14-5-8-17(21)9-6-14/h2-11,22,24H,12-13H2,1H3. The number of halogens is 1. The lowest BCUT2D eigenvalue weighted by Gasteiger charge is -2.10. The lowest BCUT2D eigenvalue weighted by molar-refractivity contribution is 0.398. The Morgan fingerprint density at radius 2 is 1.84 bits per heavy atom. The monoisotopic (exact) mass is 354 g/mol. The summed E-state index contributed by atoms with van der Waals surface area (Å²) in [6.07, 6.45) is 0. The van der Waals surface area contributed by atoms with Crippen molar-refractivity contribution in [2.45, 2.75) is 13.1 Å². The van der Waals surface area contributed by atoms with E-state index in [-0.39, 0.29) is 5.75 Å². The summed E-state index contributed by atoms with van der Waals surface area (Å²) in [5, 5.41) is 14.2. The normalized spacial score (nSPS) is 10.6. The van der Waals surface area contributed by atoms with E-state index >= 15 is 0 Å². The van der Waals surface area contributed by atoms with Gasteiger partial charge in [0.25, 0.3) is 0 Å². The summed E-state index contributed by atoms with van der Waals surface area (Å²) in [4.78, 5) is 4.43. The second kappa shape index (κ2) is 8.01. The maximum absolute atomic E-state index is 10.1. The SMILES string of the molecule is COc1cccc(-c2ccc(O)c(CNCc3ccc(Cl)cc3)c2)n1. The molecule has 0 unspecified atom stereocenters. The number of aromatic nitrogens is 1. The van der Waals surface area contributed by atoms with Gasteiger partial charge in [-0.3, -0.25) is 0 Å². The Hall–Kier alpha value is -2.56. The van der Waals surface area contributed by atoms with Crippen LogP contribution in [-0.2, 0) is 13.1 Å². The van der Waals surface area contributed by atoms with E-state index in [0.717, 1.165) is 27.4 Å². The first kappa shape index (κ1) is 17.3. The fraction of sp³-hybridized carbons (Fsp3) is 0.150. The third-order valence-electron chi connectivity index (χ3n) is 3.87. The van der Waals surface area contributed by atoms with E-state index in [1.54, 1.807) is 19.2 Å². The van der Waals surface area contributed by atoms with Gasteiger partial charge in [0.05, 0.1) is 12.8 Å². The number of hydrogen-bond acceptors (Lipinski definition) is 4. The average Bonchev–Trinajstić information content (AvgIpc) is 2.65. The molecule has 0 atom stereocenters. The van der Waals surface area contributed by atoms with Gasteiger partial charge in [-0.25, -0.2) is 4.98 Å². The third kappa shape index (κ3) is 4.50. The number of nitrogens with zero attached hydrogens (tertiary/aromatic N) is 1. The Morgan fingerprint density at radius 1 is 1.04 bits per heavy atom. The van der Waals surface area contributed by atoms with Gasteiger partial charge in [-0.1, -0.05) is 29.8 Å². The Bertz CT molecular complexity index is 851. The largest absolute Gasteiger partial charge is 0.508 e. The molecule has 0 radical (unpaired) electrons. The highest BCUT2D eigenvalue weighted by atomic mass is 35.5. The number of pyridine rings is 1. The van der Waals surface area contributed by atoms with Crippen molar-refractivity contribution >= 4 is 11.6 Å². The first-order valence-electron chi connectivity index (χ1n) is 7.94. The number of rotatable bonds is 6. The molecule has 2 aromatic carbocycles. The van der Waals surface area contributed by atoms with Gasteiger partial charge in [0.1, 0.15) is 5.75 Å². The van der Waals surface area contributed by atoms with Crippen LogP contribution in [-0.4, -0.2) is 17.2 Å². The fourth-order valence-corrected chi connectivity index (χ4v) is 2.65. The van der Waals surface area contributed by atoms with Crippen molar-refractivity contribution in [3.05, 3.63) is 76.8 Å². The highest BCUT2D eigenvalue weighted by molar-refractivity contribution is 6.30. The minimum absolute atomic E-state index is 0.259. The van der Waals surface area contributed by atoms with Crippen LogP contribution in [0.2, 0.25) is 5.02 Å². The Labute approximate surface area is 152 Å². The molecule has 0 saturated carbocycles. The van der Waals surface area contributed by atoms with Crippen LogP contribution in [0.5, 0.6) is 11.6 Å². The van der Waals surface area contributed by atoms with Gasteiger partial charge in [-0.2, -0.15) is 0 Å². The summed E-state index contributed by atoms with van der Waals surface area (Å²) >= 11 is 5.89. The molecular weight excluding hydrogens is 336 g/mol. The second-order valence-corrected chi connectivity index (χ2v) is 6.08. The van der Waals surface area contributed by atoms with Crippen LogP contribution in [0.1, 0.15) is 11.1 Å². The minimum Gasteiger partial charge on any atom is -0.508 e. The van der Waals surface area contributed by atoms with Crippen LogP contribution in [0.3, 0.4) is 0 Å². The minimum atomic E-state index is 0.259. The molecule has 1 heterocycles. The number of nitrogens with one attached hydrogen (secondary N) is 1. The van der Waals surface area contributed by atoms with Crippen molar-refractivity contribution in [1.29, 1.82) is 0 Å². The van der Waals surface area contributed by atoms with Crippen LogP contribution in [0.25, 0.3) is 11.3 Å². The molecule has 0 spiro atoms. The van der Waals surface area contributed by atoms with E-state index < -0.39 is 0 Å². The molecule has 0 aliphatic rings. The quantitative estimate of drug-likeness (QED) is 0.688. The van der Waals surface area contributed by atoms with Gasteiger partial charge in [0, 0.05) is 35.3 Å². The third-order valence-corrected chi connectivity index (χ3v) is 4.12. The summed E-state index contributed by atoms with van der Waals surface area (Å²) in [5.74, 6) is 0.822. The molecule has 0 bridgehead atoms. The maximum atomic E-state index is 10.1. The molecule has 0 aliphatic carbocycles. The number of ether oxygens (including phenoxy) is 1. The van der Waals surface area contributed by atoms with E-state index in [1.807, 2.05) is 48.5 Å². The molecule has 3 rings (SSSR count). The number of phenols is 1. The smallest absolute Gasteiger partial charge is 0.213 e. The lowest BCUT2D eigenvalue weighted by atomic mass is 10.1. The van der Waals surface area contributed by atoms with E-state index in [1.165, 1.54) is 0 Å². The van der Waals surface area contributed by atoms with Gasteiger partial charge < -0.3 is 15.2 Å². The second-order valence-electron chi connectivity index (χ2n) is 5.64. The van der Waals surface area contributed by atoms with Gasteiger partial charge >= 0.3 is 0 Å². The van der Waals surface area contributed by atoms with E-state index in [0.29, 0.717) is 19.0 Å². The molecule has 0 fully saturated rings. The molecule has 3 aromatic rings. The Morgan fingerprint density at radius 3 is 2.60 bits per heavy atom. The number of hydrogen-bond donors (Lipinski definition) is 2. The van der Waals surface area contributed by atoms with E-state index in [2.05, 4.69) is 10.3 Å². The summed E-state index contributed by atoms with van der Waals surface area (Å²) in [5.41, 5.74) is 3.68. The molecule has 128 valence electrons. The zero-order valence-corrected chi connectivity index (χ0v) is 14.6. The number of benzene rings is 2. The van der Waals surface area contributed by atoms with E-state index in [9.17, 15) is 5.11 Å². The van der Waals surface area contributed by atoms with Crippen LogP contribution >= 0.6 is 11.6 Å². The van der Waals surface area contributed by atoms with Crippen LogP contribution in [0, 0.1) is 0 Å². The highest BCUT2D eigenvalue weighted by Crippen LogP contribution is 2.26. The topological polar surface area (TPSA) is 54.4 Å². The fourth-order valence-electron chi connectivity index (χ4n) is 2.52. The average molecular weight is 355 g/mol. The van der Waals surface area contributed by atoms with Crippen LogP contribution in [0.4, 0.5) is 0 Å². The molecule has 4 nitrogen and oxygen atoms in total. The Kier molecular flexibility index (Phi) is 5.53. The van der Waals surface area contributed by atoms with Crippen molar-refractivity contribution in [3.63, 3.8) is 0 Å². The van der Waals surface area contributed by atoms with Crippen molar-refractivity contribution < 1.29 is 9.84 Å². The van der Waals surface area contributed by atoms with Crippen molar-refractivity contribution in [1.82, 2.24) is 10.3 Å². The first-order valence-corrected chi connectivity index (χ1v) is 8.32. The highest BCUT2D eigenvalue weighted by Gasteiger charge is 2.07. The summed E-state index contributed by atoms with van der Waals surface area (Å²) in [6.45, 7) is 1.24. The number of methoxy groups -OCH3 is 1. The van der Waals surface area contributed by atoms with Crippen LogP contribution < -0.4 is 10.1 Å². The zero-order valence-electron chi connectivity index (χ0n) is 13.9. The zero-order chi connectivity index (χ0) is 17.6. The molecule has 0 amide bonds. The van der Waals surface area contributed by atoms with Crippen molar-refractivity contribution in [2.24, 2.45) is 0 Å². The summed E-state index contributed by atoms with van der Waals surface area (Å²) in [7, 11) is 1.59. The van der Waals surface area contributed by atoms with E-state index in [4.69, 9.17) is 16.3 Å². The molecule has 25 heavy (non-hydrogen) atoms. The molecule has 0 saturated heterocycles. The first-order chi connectivity index (χ1) is 12.2. The molecule has 0 aliphatic heterocycles. The number of phenolic OH excluding ortho intramolecular Hbond substituents is 1. The predicted molar refractivity (Wildman–Crippen MR) is 99.9 cm³/mol.